The summed E-state index contributed by atoms with van der Waals surface area (Å²) >= 11 is 0. The number of benzene rings is 2. The van der Waals surface area contributed by atoms with Gasteiger partial charge in [0.1, 0.15) is 5.75 Å². The quantitative estimate of drug-likeness (QED) is 0.850. The second-order valence-electron chi connectivity index (χ2n) is 5.59. The van der Waals surface area contributed by atoms with E-state index in [1.165, 1.54) is 11.1 Å². The normalized spacial score (nSPS) is 15.9. The van der Waals surface area contributed by atoms with Crippen molar-refractivity contribution in [3.05, 3.63) is 53.1 Å². The van der Waals surface area contributed by atoms with E-state index in [1.807, 2.05) is 24.4 Å². The van der Waals surface area contributed by atoms with Crippen LogP contribution in [0.5, 0.6) is 17.2 Å². The molecule has 2 aromatic carbocycles. The van der Waals surface area contributed by atoms with Crippen molar-refractivity contribution in [1.82, 2.24) is 0 Å². The molecule has 4 nitrogen and oxygen atoms in total. The fourth-order valence-electron chi connectivity index (χ4n) is 2.88. The first-order valence-electron chi connectivity index (χ1n) is 7.64. The largest absolute Gasteiger partial charge is 0.497 e. The number of nitrogens with zero attached hydrogens (tertiary/aromatic N) is 1. The molecule has 23 heavy (non-hydrogen) atoms. The molecule has 0 N–H and O–H groups in total. The third-order valence-electron chi connectivity index (χ3n) is 4.16. The monoisotopic (exact) mass is 311 g/mol. The molecule has 0 spiro atoms. The second-order valence-corrected chi connectivity index (χ2v) is 5.59. The molecule has 1 unspecified atom stereocenters. The van der Waals surface area contributed by atoms with Crippen LogP contribution in [0.2, 0.25) is 0 Å². The fourth-order valence-corrected chi connectivity index (χ4v) is 2.88. The Labute approximate surface area is 136 Å². The summed E-state index contributed by atoms with van der Waals surface area (Å²) in [6, 6.07) is 12.5. The molecule has 4 heteroatoms. The minimum absolute atomic E-state index is 0.244. The molecule has 0 aromatic heterocycles. The summed E-state index contributed by atoms with van der Waals surface area (Å²) in [7, 11) is 4.99. The number of rotatable bonds is 5. The summed E-state index contributed by atoms with van der Waals surface area (Å²) in [4.78, 5) is 4.69. The lowest BCUT2D eigenvalue weighted by atomic mass is 9.93. The van der Waals surface area contributed by atoms with Gasteiger partial charge in [0.25, 0.3) is 0 Å². The van der Waals surface area contributed by atoms with Gasteiger partial charge < -0.3 is 14.2 Å². The van der Waals surface area contributed by atoms with Gasteiger partial charge in [-0.2, -0.15) is 0 Å². The first-order chi connectivity index (χ1) is 11.2. The zero-order valence-electron chi connectivity index (χ0n) is 13.7. The van der Waals surface area contributed by atoms with Crippen molar-refractivity contribution in [2.45, 2.75) is 18.9 Å². The summed E-state index contributed by atoms with van der Waals surface area (Å²) < 4.78 is 15.9. The highest BCUT2D eigenvalue weighted by Crippen LogP contribution is 2.32. The summed E-state index contributed by atoms with van der Waals surface area (Å²) in [6.07, 6.45) is 3.75. The van der Waals surface area contributed by atoms with Gasteiger partial charge in [0.05, 0.1) is 27.4 Å². The van der Waals surface area contributed by atoms with E-state index >= 15 is 0 Å². The van der Waals surface area contributed by atoms with Gasteiger partial charge in [0.15, 0.2) is 11.5 Å². The van der Waals surface area contributed by atoms with Crippen LogP contribution >= 0.6 is 0 Å². The minimum Gasteiger partial charge on any atom is -0.497 e. The predicted octanol–water partition coefficient (Wildman–Crippen LogP) is 3.30. The highest BCUT2D eigenvalue weighted by Gasteiger charge is 2.18. The average Bonchev–Trinajstić information content (AvgIpc) is 2.61. The van der Waals surface area contributed by atoms with Gasteiger partial charge in [0, 0.05) is 6.21 Å². The van der Waals surface area contributed by atoms with E-state index in [1.54, 1.807) is 21.3 Å². The van der Waals surface area contributed by atoms with E-state index in [0.29, 0.717) is 0 Å². The lowest BCUT2D eigenvalue weighted by Crippen LogP contribution is -2.18. The zero-order valence-corrected chi connectivity index (χ0v) is 13.7. The van der Waals surface area contributed by atoms with Gasteiger partial charge in [-0.3, -0.25) is 4.99 Å². The van der Waals surface area contributed by atoms with Gasteiger partial charge >= 0.3 is 0 Å². The topological polar surface area (TPSA) is 40.0 Å². The van der Waals surface area contributed by atoms with Gasteiger partial charge in [-0.25, -0.2) is 0 Å². The van der Waals surface area contributed by atoms with E-state index in [-0.39, 0.29) is 6.04 Å². The van der Waals surface area contributed by atoms with Crippen molar-refractivity contribution in [2.24, 2.45) is 4.99 Å². The van der Waals surface area contributed by atoms with Crippen LogP contribution in [0.1, 0.15) is 16.7 Å². The maximum absolute atomic E-state index is 5.40. The molecule has 1 aliphatic rings. The van der Waals surface area contributed by atoms with E-state index in [2.05, 4.69) is 23.2 Å². The minimum atomic E-state index is 0.244. The second kappa shape index (κ2) is 6.73. The SMILES string of the molecule is COc1ccc(CC2Cc3cc(OC)c(OC)cc3C=N2)cc1. The van der Waals surface area contributed by atoms with Gasteiger partial charge in [-0.15, -0.1) is 0 Å². The van der Waals surface area contributed by atoms with Crippen LogP contribution in [-0.2, 0) is 12.8 Å². The molecule has 1 heterocycles. The van der Waals surface area contributed by atoms with Gasteiger partial charge in [-0.1, -0.05) is 12.1 Å². The summed E-state index contributed by atoms with van der Waals surface area (Å²) in [5.41, 5.74) is 3.61. The van der Waals surface area contributed by atoms with Crippen LogP contribution in [-0.4, -0.2) is 33.6 Å². The Morgan fingerprint density at radius 2 is 1.65 bits per heavy atom. The molecule has 0 saturated heterocycles. The third-order valence-corrected chi connectivity index (χ3v) is 4.16. The number of hydrogen-bond acceptors (Lipinski definition) is 4. The Kier molecular flexibility index (Phi) is 4.51. The van der Waals surface area contributed by atoms with Gasteiger partial charge in [-0.05, 0) is 53.8 Å². The van der Waals surface area contributed by atoms with Crippen molar-refractivity contribution in [1.29, 1.82) is 0 Å². The Morgan fingerprint density at radius 1 is 0.957 bits per heavy atom. The molecule has 0 radical (unpaired) electrons. The molecular formula is C19H21NO3. The van der Waals surface area contributed by atoms with Crippen LogP contribution in [0.4, 0.5) is 0 Å². The first-order valence-corrected chi connectivity index (χ1v) is 7.64. The Balaban J connectivity index is 1.77. The number of ether oxygens (including phenoxy) is 3. The number of fused-ring (bicyclic) bond motifs is 1. The standard InChI is InChI=1S/C19H21NO3/c1-21-17-6-4-13(5-7-17)8-16-9-14-10-18(22-2)19(23-3)11-15(14)12-20-16/h4-7,10-12,16H,8-9H2,1-3H3. The molecule has 0 bridgehead atoms. The molecule has 0 saturated carbocycles. The summed E-state index contributed by atoms with van der Waals surface area (Å²) in [6.45, 7) is 0. The van der Waals surface area contributed by atoms with Crippen LogP contribution in [0.15, 0.2) is 41.4 Å². The van der Waals surface area contributed by atoms with Crippen LogP contribution < -0.4 is 14.2 Å². The molecule has 120 valence electrons. The Bertz CT molecular complexity index is 707. The molecular weight excluding hydrogens is 290 g/mol. The number of hydrogen-bond donors (Lipinski definition) is 0. The van der Waals surface area contributed by atoms with Crippen molar-refractivity contribution in [2.75, 3.05) is 21.3 Å². The lowest BCUT2D eigenvalue weighted by Gasteiger charge is -2.21. The predicted molar refractivity (Wildman–Crippen MR) is 91.3 cm³/mol. The van der Waals surface area contributed by atoms with Crippen molar-refractivity contribution >= 4 is 6.21 Å². The van der Waals surface area contributed by atoms with E-state index in [4.69, 9.17) is 14.2 Å². The van der Waals surface area contributed by atoms with Gasteiger partial charge in [0.2, 0.25) is 0 Å². The van der Waals surface area contributed by atoms with Crippen LogP contribution in [0, 0.1) is 0 Å². The average molecular weight is 311 g/mol. The highest BCUT2D eigenvalue weighted by atomic mass is 16.5. The first kappa shape index (κ1) is 15.4. The Hall–Kier alpha value is -2.49. The maximum atomic E-state index is 5.40. The zero-order chi connectivity index (χ0) is 16.2. The third kappa shape index (κ3) is 3.31. The van der Waals surface area contributed by atoms with E-state index in [9.17, 15) is 0 Å². The van der Waals surface area contributed by atoms with Crippen LogP contribution in [0.25, 0.3) is 0 Å². The molecule has 1 aliphatic heterocycles. The van der Waals surface area contributed by atoms with Crippen molar-refractivity contribution in [3.63, 3.8) is 0 Å². The molecule has 1 atom stereocenters. The van der Waals surface area contributed by atoms with Crippen LogP contribution in [0.3, 0.4) is 0 Å². The molecule has 0 amide bonds. The Morgan fingerprint density at radius 3 is 2.30 bits per heavy atom. The molecule has 3 rings (SSSR count). The number of aliphatic imine (C=N–C) groups is 1. The number of methoxy groups -OCH3 is 3. The van der Waals surface area contributed by atoms with Crippen molar-refractivity contribution < 1.29 is 14.2 Å². The summed E-state index contributed by atoms with van der Waals surface area (Å²) in [5.74, 6) is 2.39. The molecule has 0 aliphatic carbocycles. The fraction of sp³-hybridized carbons (Fsp3) is 0.316. The van der Waals surface area contributed by atoms with Crippen molar-refractivity contribution in [3.8, 4) is 17.2 Å². The highest BCUT2D eigenvalue weighted by molar-refractivity contribution is 5.84. The van der Waals surface area contributed by atoms with E-state index < -0.39 is 0 Å². The maximum Gasteiger partial charge on any atom is 0.161 e. The smallest absolute Gasteiger partial charge is 0.161 e. The molecule has 0 fully saturated rings. The lowest BCUT2D eigenvalue weighted by molar-refractivity contribution is 0.354. The molecule has 2 aromatic rings. The van der Waals surface area contributed by atoms with E-state index in [0.717, 1.165) is 35.7 Å². The summed E-state index contributed by atoms with van der Waals surface area (Å²) in [5, 5.41) is 0.